The van der Waals surface area contributed by atoms with Crippen molar-refractivity contribution < 1.29 is 14.3 Å². The number of esters is 1. The molecule has 1 rings (SSSR count). The Morgan fingerprint density at radius 3 is 3.08 bits per heavy atom. The van der Waals surface area contributed by atoms with Gasteiger partial charge >= 0.3 is 5.97 Å². The lowest BCUT2D eigenvalue weighted by Gasteiger charge is -2.21. The number of hydrogen-bond acceptors (Lipinski definition) is 4. The first-order valence-corrected chi connectivity index (χ1v) is 4.68. The number of hydrogen-bond donors (Lipinski definition) is 0. The van der Waals surface area contributed by atoms with Crippen LogP contribution in [-0.2, 0) is 14.3 Å². The van der Waals surface area contributed by atoms with Crippen molar-refractivity contribution in [1.82, 2.24) is 0 Å². The normalized spacial score (nSPS) is 26.8. The Morgan fingerprint density at radius 1 is 1.83 bits per heavy atom. The van der Waals surface area contributed by atoms with Crippen LogP contribution in [0.4, 0.5) is 0 Å². The van der Waals surface area contributed by atoms with E-state index in [4.69, 9.17) is 4.74 Å². The van der Waals surface area contributed by atoms with Gasteiger partial charge in [-0.25, -0.2) is 0 Å². The second-order valence-corrected chi connectivity index (χ2v) is 4.13. The van der Waals surface area contributed by atoms with Gasteiger partial charge in [-0.05, 0) is 13.0 Å². The molecule has 0 aromatic heterocycles. The maximum absolute atomic E-state index is 10.8. The molecule has 0 amide bonds. The lowest BCUT2D eigenvalue weighted by Crippen LogP contribution is -2.20. The smallest absolute Gasteiger partial charge is 0.315 e. The summed E-state index contributed by atoms with van der Waals surface area (Å²) >= 11 is 1.46. The molecular weight excluding hydrogens is 176 g/mol. The van der Waals surface area contributed by atoms with Crippen LogP contribution >= 0.6 is 11.8 Å². The van der Waals surface area contributed by atoms with Crippen molar-refractivity contribution >= 4 is 17.7 Å². The molecule has 0 aliphatic carbocycles. The van der Waals surface area contributed by atoms with E-state index in [0.717, 1.165) is 6.42 Å². The molecule has 0 saturated carbocycles. The average Bonchev–Trinajstić information content (AvgIpc) is 2.49. The highest BCUT2D eigenvalue weighted by Crippen LogP contribution is 2.34. The molecule has 0 fully saturated rings. The molecule has 4 heteroatoms. The molecule has 1 atom stereocenters. The van der Waals surface area contributed by atoms with Crippen molar-refractivity contribution in [3.8, 4) is 0 Å². The third-order valence-electron chi connectivity index (χ3n) is 1.63. The predicted molar refractivity (Wildman–Crippen MR) is 47.7 cm³/mol. The van der Waals surface area contributed by atoms with Gasteiger partial charge in [0.15, 0.2) is 4.93 Å². The molecule has 0 radical (unpaired) electrons. The van der Waals surface area contributed by atoms with Crippen LogP contribution in [0, 0.1) is 0 Å². The summed E-state index contributed by atoms with van der Waals surface area (Å²) in [6, 6.07) is 0. The fourth-order valence-corrected chi connectivity index (χ4v) is 1.74. The minimum Gasteiger partial charge on any atom is -0.485 e. The number of ether oxygens (including phenoxy) is 2. The van der Waals surface area contributed by atoms with Crippen LogP contribution in [0.2, 0.25) is 0 Å². The van der Waals surface area contributed by atoms with E-state index < -0.39 is 0 Å². The van der Waals surface area contributed by atoms with E-state index >= 15 is 0 Å². The van der Waals surface area contributed by atoms with E-state index in [-0.39, 0.29) is 10.9 Å². The molecule has 0 aromatic carbocycles. The van der Waals surface area contributed by atoms with E-state index in [9.17, 15) is 4.79 Å². The van der Waals surface area contributed by atoms with Gasteiger partial charge in [-0.15, -0.1) is 11.8 Å². The SMILES string of the molecule is COC(=O)CS[C@]1(C)CC=CO1. The Balaban J connectivity index is 2.27. The van der Waals surface area contributed by atoms with Gasteiger partial charge < -0.3 is 9.47 Å². The topological polar surface area (TPSA) is 35.5 Å². The van der Waals surface area contributed by atoms with Crippen LogP contribution in [0.3, 0.4) is 0 Å². The maximum Gasteiger partial charge on any atom is 0.315 e. The lowest BCUT2D eigenvalue weighted by atomic mass is 10.3. The molecule has 1 aliphatic rings. The van der Waals surface area contributed by atoms with Crippen LogP contribution < -0.4 is 0 Å². The number of methoxy groups -OCH3 is 1. The Morgan fingerprint density at radius 2 is 2.58 bits per heavy atom. The van der Waals surface area contributed by atoms with E-state index in [1.165, 1.54) is 18.9 Å². The number of carbonyl (C=O) groups excluding carboxylic acids is 1. The van der Waals surface area contributed by atoms with E-state index in [0.29, 0.717) is 5.75 Å². The van der Waals surface area contributed by atoms with E-state index in [2.05, 4.69) is 4.74 Å². The van der Waals surface area contributed by atoms with Gasteiger partial charge in [0, 0.05) is 6.42 Å². The van der Waals surface area contributed by atoms with Crippen LogP contribution in [0.25, 0.3) is 0 Å². The van der Waals surface area contributed by atoms with Crippen LogP contribution in [-0.4, -0.2) is 23.8 Å². The average molecular weight is 188 g/mol. The van der Waals surface area contributed by atoms with Gasteiger partial charge in [0.1, 0.15) is 0 Å². The van der Waals surface area contributed by atoms with Gasteiger partial charge in [-0.1, -0.05) is 0 Å². The largest absolute Gasteiger partial charge is 0.485 e. The summed E-state index contributed by atoms with van der Waals surface area (Å²) in [5.41, 5.74) is 0. The molecule has 1 heterocycles. The molecule has 3 nitrogen and oxygen atoms in total. The number of carbonyl (C=O) groups is 1. The van der Waals surface area contributed by atoms with Gasteiger partial charge in [-0.2, -0.15) is 0 Å². The Kier molecular flexibility index (Phi) is 3.03. The Bertz CT molecular complexity index is 192. The Hall–Kier alpha value is -0.640. The molecule has 0 saturated heterocycles. The fraction of sp³-hybridized carbons (Fsp3) is 0.625. The Labute approximate surface area is 76.1 Å². The minimum absolute atomic E-state index is 0.211. The summed E-state index contributed by atoms with van der Waals surface area (Å²) in [5.74, 6) is 0.131. The van der Waals surface area contributed by atoms with Crippen LogP contribution in [0.5, 0.6) is 0 Å². The van der Waals surface area contributed by atoms with Crippen molar-refractivity contribution in [3.05, 3.63) is 12.3 Å². The minimum atomic E-state index is -0.270. The fourth-order valence-electron chi connectivity index (χ4n) is 0.866. The first-order valence-electron chi connectivity index (χ1n) is 3.70. The lowest BCUT2D eigenvalue weighted by molar-refractivity contribution is -0.137. The van der Waals surface area contributed by atoms with Crippen molar-refractivity contribution in [1.29, 1.82) is 0 Å². The van der Waals surface area contributed by atoms with Gasteiger partial charge in [0.05, 0.1) is 19.1 Å². The molecule has 0 aromatic rings. The summed E-state index contributed by atoms with van der Waals surface area (Å²) in [4.78, 5) is 10.5. The highest BCUT2D eigenvalue weighted by Gasteiger charge is 2.28. The monoisotopic (exact) mass is 188 g/mol. The quantitative estimate of drug-likeness (QED) is 0.629. The summed E-state index contributed by atoms with van der Waals surface area (Å²) in [5, 5.41) is 0. The predicted octanol–water partition coefficient (Wildman–Crippen LogP) is 1.54. The van der Waals surface area contributed by atoms with Gasteiger partial charge in [-0.3, -0.25) is 4.79 Å². The zero-order valence-electron chi connectivity index (χ0n) is 7.20. The zero-order chi connectivity index (χ0) is 9.03. The standard InChI is InChI=1S/C8H12O3S/c1-8(4-3-5-11-8)12-6-7(9)10-2/h3,5H,4,6H2,1-2H3/t8-/m1/s1. The van der Waals surface area contributed by atoms with Crippen molar-refractivity contribution in [2.75, 3.05) is 12.9 Å². The van der Waals surface area contributed by atoms with Crippen molar-refractivity contribution in [3.63, 3.8) is 0 Å². The first kappa shape index (κ1) is 9.45. The molecule has 0 unspecified atom stereocenters. The van der Waals surface area contributed by atoms with Crippen LogP contribution in [0.15, 0.2) is 12.3 Å². The highest BCUT2D eigenvalue weighted by molar-refractivity contribution is 8.01. The summed E-state index contributed by atoms with van der Waals surface area (Å²) in [7, 11) is 1.39. The molecule has 12 heavy (non-hydrogen) atoms. The number of rotatable bonds is 3. The second-order valence-electron chi connectivity index (χ2n) is 2.69. The molecular formula is C8H12O3S. The highest BCUT2D eigenvalue weighted by atomic mass is 32.2. The van der Waals surface area contributed by atoms with Crippen molar-refractivity contribution in [2.45, 2.75) is 18.3 Å². The molecule has 0 N–H and O–H groups in total. The van der Waals surface area contributed by atoms with Crippen LogP contribution in [0.1, 0.15) is 13.3 Å². The summed E-state index contributed by atoms with van der Waals surface area (Å²) in [6.45, 7) is 1.96. The summed E-state index contributed by atoms with van der Waals surface area (Å²) in [6.07, 6.45) is 4.46. The molecule has 68 valence electrons. The van der Waals surface area contributed by atoms with Gasteiger partial charge in [0.2, 0.25) is 0 Å². The molecule has 1 aliphatic heterocycles. The second kappa shape index (κ2) is 3.85. The number of thioether (sulfide) groups is 1. The van der Waals surface area contributed by atoms with E-state index in [1.54, 1.807) is 6.26 Å². The first-order chi connectivity index (χ1) is 5.66. The summed E-state index contributed by atoms with van der Waals surface area (Å²) < 4.78 is 9.83. The third kappa shape index (κ3) is 2.44. The van der Waals surface area contributed by atoms with Crippen molar-refractivity contribution in [2.24, 2.45) is 0 Å². The zero-order valence-corrected chi connectivity index (χ0v) is 8.02. The van der Waals surface area contributed by atoms with E-state index in [1.807, 2.05) is 13.0 Å². The maximum atomic E-state index is 10.8. The third-order valence-corrected chi connectivity index (χ3v) is 2.88. The molecule has 0 spiro atoms. The van der Waals surface area contributed by atoms with Gasteiger partial charge in [0.25, 0.3) is 0 Å². The molecule has 0 bridgehead atoms.